The molecule has 21 heavy (non-hydrogen) atoms. The van der Waals surface area contributed by atoms with Gasteiger partial charge in [0.2, 0.25) is 0 Å². The minimum absolute atomic E-state index is 0.0499. The van der Waals surface area contributed by atoms with Gasteiger partial charge in [-0.25, -0.2) is 9.59 Å². The molecule has 0 aromatic rings. The summed E-state index contributed by atoms with van der Waals surface area (Å²) in [5, 5.41) is 8.58. The van der Waals surface area contributed by atoms with Crippen molar-refractivity contribution in [2.45, 2.75) is 19.8 Å². The van der Waals surface area contributed by atoms with E-state index in [9.17, 15) is 14.4 Å². The monoisotopic (exact) mass is 301 g/mol. The van der Waals surface area contributed by atoms with E-state index in [1.807, 2.05) is 0 Å². The quantitative estimate of drug-likeness (QED) is 0.806. The first-order chi connectivity index (χ1) is 9.95. The Labute approximate surface area is 124 Å². The number of hydrogen-bond donors (Lipinski definition) is 1. The van der Waals surface area contributed by atoms with E-state index in [0.29, 0.717) is 45.8 Å². The molecule has 3 amide bonds. The van der Waals surface area contributed by atoms with Gasteiger partial charge >= 0.3 is 18.1 Å². The number of carboxylic acid groups (broad SMARTS) is 1. The van der Waals surface area contributed by atoms with Crippen LogP contribution in [0.3, 0.4) is 0 Å². The highest BCUT2D eigenvalue weighted by atomic mass is 16.6. The zero-order valence-corrected chi connectivity index (χ0v) is 12.6. The molecular weight excluding hydrogens is 278 g/mol. The number of hydrogen-bond acceptors (Lipinski definition) is 4. The van der Waals surface area contributed by atoms with Gasteiger partial charge in [-0.15, -0.1) is 0 Å². The lowest BCUT2D eigenvalue weighted by Crippen LogP contribution is -2.53. The van der Waals surface area contributed by atoms with Crippen LogP contribution in [0, 0.1) is 0 Å². The van der Waals surface area contributed by atoms with Crippen LogP contribution in [0.4, 0.5) is 9.59 Å². The van der Waals surface area contributed by atoms with E-state index in [0.717, 1.165) is 0 Å². The molecule has 0 unspecified atom stereocenters. The molecule has 0 bridgehead atoms. The van der Waals surface area contributed by atoms with Gasteiger partial charge in [0, 0.05) is 46.2 Å². The normalized spacial score (nSPS) is 14.8. The first kappa shape index (κ1) is 17.1. The van der Waals surface area contributed by atoms with Crippen LogP contribution in [-0.4, -0.2) is 84.3 Å². The third kappa shape index (κ3) is 5.49. The summed E-state index contributed by atoms with van der Waals surface area (Å²) < 4.78 is 4.92. The van der Waals surface area contributed by atoms with Crippen molar-refractivity contribution in [2.75, 3.05) is 46.4 Å². The SMILES string of the molecule is CCOC(=O)N1CCN(C(=O)N(C)CCCC(=O)O)CC1. The van der Waals surface area contributed by atoms with Crippen LogP contribution >= 0.6 is 0 Å². The molecule has 1 heterocycles. The summed E-state index contributed by atoms with van der Waals surface area (Å²) in [4.78, 5) is 38.9. The molecule has 1 aliphatic heterocycles. The van der Waals surface area contributed by atoms with Crippen LogP contribution in [-0.2, 0) is 9.53 Å². The lowest BCUT2D eigenvalue weighted by molar-refractivity contribution is -0.137. The first-order valence-electron chi connectivity index (χ1n) is 7.09. The molecule has 8 heteroatoms. The Kier molecular flexibility index (Phi) is 6.77. The van der Waals surface area contributed by atoms with E-state index < -0.39 is 5.97 Å². The largest absolute Gasteiger partial charge is 0.481 e. The second-order valence-electron chi connectivity index (χ2n) is 4.87. The number of carbonyl (C=O) groups is 3. The Bertz CT molecular complexity index is 380. The molecule has 0 spiro atoms. The fourth-order valence-electron chi connectivity index (χ4n) is 2.10. The molecule has 0 saturated carbocycles. The van der Waals surface area contributed by atoms with Crippen LogP contribution < -0.4 is 0 Å². The van der Waals surface area contributed by atoms with Crippen LogP contribution in [0.15, 0.2) is 0 Å². The number of ether oxygens (including phenoxy) is 1. The molecule has 0 aromatic carbocycles. The summed E-state index contributed by atoms with van der Waals surface area (Å²) in [5.74, 6) is -0.862. The summed E-state index contributed by atoms with van der Waals surface area (Å²) in [6.07, 6.45) is 0.133. The predicted octanol–water partition coefficient (Wildman–Crippen LogP) is 0.677. The van der Waals surface area contributed by atoms with Gasteiger partial charge in [-0.3, -0.25) is 4.79 Å². The van der Waals surface area contributed by atoms with Crippen LogP contribution in [0.2, 0.25) is 0 Å². The Balaban J connectivity index is 2.34. The standard InChI is InChI=1S/C13H23N3O5/c1-3-21-13(20)16-9-7-15(8-10-16)12(19)14(2)6-4-5-11(17)18/h3-10H2,1-2H3,(H,17,18). The van der Waals surface area contributed by atoms with E-state index in [1.54, 1.807) is 23.8 Å². The highest BCUT2D eigenvalue weighted by Crippen LogP contribution is 2.07. The van der Waals surface area contributed by atoms with Gasteiger partial charge < -0.3 is 24.5 Å². The van der Waals surface area contributed by atoms with Gasteiger partial charge in [0.05, 0.1) is 6.61 Å². The molecule has 1 N–H and O–H groups in total. The van der Waals surface area contributed by atoms with Crippen molar-refractivity contribution in [1.29, 1.82) is 0 Å². The van der Waals surface area contributed by atoms with E-state index in [4.69, 9.17) is 9.84 Å². The lowest BCUT2D eigenvalue weighted by Gasteiger charge is -2.36. The number of amides is 3. The van der Waals surface area contributed by atoms with Crippen molar-refractivity contribution >= 4 is 18.1 Å². The van der Waals surface area contributed by atoms with Crippen molar-refractivity contribution in [1.82, 2.24) is 14.7 Å². The van der Waals surface area contributed by atoms with Crippen molar-refractivity contribution < 1.29 is 24.2 Å². The molecule has 0 aliphatic carbocycles. The number of carboxylic acids is 1. The number of nitrogens with zero attached hydrogens (tertiary/aromatic N) is 3. The van der Waals surface area contributed by atoms with Crippen LogP contribution in [0.5, 0.6) is 0 Å². The number of urea groups is 1. The van der Waals surface area contributed by atoms with E-state index in [2.05, 4.69) is 0 Å². The molecule has 0 radical (unpaired) electrons. The van der Waals surface area contributed by atoms with Crippen molar-refractivity contribution in [2.24, 2.45) is 0 Å². The average molecular weight is 301 g/mol. The molecule has 0 atom stereocenters. The Morgan fingerprint density at radius 1 is 1.14 bits per heavy atom. The predicted molar refractivity (Wildman–Crippen MR) is 75.1 cm³/mol. The van der Waals surface area contributed by atoms with Gasteiger partial charge in [0.25, 0.3) is 0 Å². The fraction of sp³-hybridized carbons (Fsp3) is 0.769. The molecule has 8 nitrogen and oxygen atoms in total. The van der Waals surface area contributed by atoms with Gasteiger partial charge in [-0.05, 0) is 13.3 Å². The average Bonchev–Trinajstić information content (AvgIpc) is 2.46. The zero-order chi connectivity index (χ0) is 15.8. The second-order valence-corrected chi connectivity index (χ2v) is 4.87. The fourth-order valence-corrected chi connectivity index (χ4v) is 2.10. The third-order valence-electron chi connectivity index (χ3n) is 3.29. The maximum atomic E-state index is 12.1. The van der Waals surface area contributed by atoms with Crippen molar-refractivity contribution in [3.8, 4) is 0 Å². The smallest absolute Gasteiger partial charge is 0.409 e. The molecule has 1 fully saturated rings. The molecule has 1 saturated heterocycles. The second kappa shape index (κ2) is 8.33. The Morgan fingerprint density at radius 2 is 1.71 bits per heavy atom. The number of aliphatic carboxylic acids is 1. The maximum absolute atomic E-state index is 12.1. The highest BCUT2D eigenvalue weighted by Gasteiger charge is 2.26. The Hall–Kier alpha value is -1.99. The summed E-state index contributed by atoms with van der Waals surface area (Å²) in [7, 11) is 1.65. The highest BCUT2D eigenvalue weighted by molar-refractivity contribution is 5.75. The molecular formula is C13H23N3O5. The van der Waals surface area contributed by atoms with E-state index >= 15 is 0 Å². The van der Waals surface area contributed by atoms with E-state index in [-0.39, 0.29) is 18.5 Å². The molecule has 120 valence electrons. The lowest BCUT2D eigenvalue weighted by atomic mass is 10.3. The topological polar surface area (TPSA) is 90.4 Å². The van der Waals surface area contributed by atoms with E-state index in [1.165, 1.54) is 4.90 Å². The third-order valence-corrected chi connectivity index (χ3v) is 3.29. The summed E-state index contributed by atoms with van der Waals surface area (Å²) >= 11 is 0. The molecule has 1 aliphatic rings. The maximum Gasteiger partial charge on any atom is 0.409 e. The number of rotatable bonds is 5. The van der Waals surface area contributed by atoms with Gasteiger partial charge in [-0.2, -0.15) is 0 Å². The zero-order valence-electron chi connectivity index (χ0n) is 12.6. The number of piperazine rings is 1. The van der Waals surface area contributed by atoms with Crippen LogP contribution in [0.25, 0.3) is 0 Å². The van der Waals surface area contributed by atoms with Gasteiger partial charge in [0.15, 0.2) is 0 Å². The summed E-state index contributed by atoms with van der Waals surface area (Å²) in [5.41, 5.74) is 0. The summed E-state index contributed by atoms with van der Waals surface area (Å²) in [6, 6.07) is -0.135. The molecule has 1 rings (SSSR count). The molecule has 0 aromatic heterocycles. The van der Waals surface area contributed by atoms with Crippen LogP contribution in [0.1, 0.15) is 19.8 Å². The number of carbonyl (C=O) groups excluding carboxylic acids is 2. The minimum Gasteiger partial charge on any atom is -0.481 e. The van der Waals surface area contributed by atoms with Crippen molar-refractivity contribution in [3.63, 3.8) is 0 Å². The van der Waals surface area contributed by atoms with Gasteiger partial charge in [-0.1, -0.05) is 0 Å². The van der Waals surface area contributed by atoms with Gasteiger partial charge in [0.1, 0.15) is 0 Å². The first-order valence-corrected chi connectivity index (χ1v) is 7.09. The minimum atomic E-state index is -0.862. The Morgan fingerprint density at radius 3 is 2.24 bits per heavy atom. The van der Waals surface area contributed by atoms with Crippen molar-refractivity contribution in [3.05, 3.63) is 0 Å². The summed E-state index contributed by atoms with van der Waals surface area (Å²) in [6.45, 7) is 4.32.